The highest BCUT2D eigenvalue weighted by molar-refractivity contribution is 5.73. The average Bonchev–Trinajstić information content (AvgIpc) is 2.40. The van der Waals surface area contributed by atoms with Gasteiger partial charge in [0.15, 0.2) is 0 Å². The molecule has 2 amide bonds. The van der Waals surface area contributed by atoms with Crippen LogP contribution in [0.3, 0.4) is 0 Å². The molecule has 0 saturated carbocycles. The number of halogens is 2. The molecule has 0 saturated heterocycles. The Hall–Kier alpha value is -1.73. The van der Waals surface area contributed by atoms with Gasteiger partial charge in [-0.1, -0.05) is 6.07 Å². The van der Waals surface area contributed by atoms with Crippen molar-refractivity contribution in [2.24, 2.45) is 0 Å². The van der Waals surface area contributed by atoms with E-state index in [1.165, 1.54) is 30.1 Å². The van der Waals surface area contributed by atoms with Gasteiger partial charge in [0.25, 0.3) is 0 Å². The van der Waals surface area contributed by atoms with E-state index < -0.39 is 29.8 Å². The van der Waals surface area contributed by atoms with Gasteiger partial charge in [-0.3, -0.25) is 0 Å². The molecule has 5 nitrogen and oxygen atoms in total. The first-order chi connectivity index (χ1) is 10.2. The molecular weight excluding hydrogens is 292 g/mol. The summed E-state index contributed by atoms with van der Waals surface area (Å²) in [5.41, 5.74) is -0.0778. The van der Waals surface area contributed by atoms with E-state index in [1.807, 2.05) is 0 Å². The van der Waals surface area contributed by atoms with E-state index in [-0.39, 0.29) is 18.7 Å². The summed E-state index contributed by atoms with van der Waals surface area (Å²) in [6, 6.07) is 2.64. The van der Waals surface area contributed by atoms with Gasteiger partial charge in [-0.25, -0.2) is 13.6 Å². The minimum absolute atomic E-state index is 0.0494. The normalized spacial score (nSPS) is 13.8. The third-order valence-electron chi connectivity index (χ3n) is 3.29. The first-order valence-corrected chi connectivity index (χ1v) is 7.01. The average molecular weight is 315 g/mol. The molecule has 0 bridgehead atoms. The third kappa shape index (κ3) is 4.92. The third-order valence-corrected chi connectivity index (χ3v) is 3.29. The summed E-state index contributed by atoms with van der Waals surface area (Å²) in [6.07, 6.45) is -0.649. The van der Waals surface area contributed by atoms with Crippen LogP contribution in [0.4, 0.5) is 13.6 Å². The molecule has 1 aromatic rings. The van der Waals surface area contributed by atoms with Crippen molar-refractivity contribution in [3.8, 4) is 0 Å². The van der Waals surface area contributed by atoms with Crippen molar-refractivity contribution in [3.63, 3.8) is 0 Å². The van der Waals surface area contributed by atoms with Gasteiger partial charge in [0.05, 0.1) is 12.1 Å². The van der Waals surface area contributed by atoms with Crippen molar-refractivity contribution >= 4 is 6.03 Å². The highest BCUT2D eigenvalue weighted by Gasteiger charge is 2.23. The summed E-state index contributed by atoms with van der Waals surface area (Å²) in [5.74, 6) is -1.30. The standard InChI is InChI=1S/C15H23F2N3O2/c1-10(21)9-20(4)15(22)18-8-13(19(2)3)14-11(16)6-5-7-12(14)17/h5-7,10,13,21H,8-9H2,1-4H3,(H,18,22). The fourth-order valence-corrected chi connectivity index (χ4v) is 2.17. The lowest BCUT2D eigenvalue weighted by molar-refractivity contribution is 0.142. The molecule has 124 valence electrons. The van der Waals surface area contributed by atoms with Gasteiger partial charge in [0.1, 0.15) is 11.6 Å². The number of hydrogen-bond acceptors (Lipinski definition) is 3. The van der Waals surface area contributed by atoms with Gasteiger partial charge in [-0.05, 0) is 33.2 Å². The number of nitrogens with one attached hydrogen (secondary N) is 1. The largest absolute Gasteiger partial charge is 0.392 e. The van der Waals surface area contributed by atoms with Crippen LogP contribution in [0.25, 0.3) is 0 Å². The minimum Gasteiger partial charge on any atom is -0.392 e. The van der Waals surface area contributed by atoms with Crippen molar-refractivity contribution in [2.45, 2.75) is 19.1 Å². The van der Waals surface area contributed by atoms with Gasteiger partial charge in [-0.15, -0.1) is 0 Å². The second-order valence-electron chi connectivity index (χ2n) is 5.53. The van der Waals surface area contributed by atoms with Crippen molar-refractivity contribution in [1.82, 2.24) is 15.1 Å². The molecule has 1 rings (SSSR count). The molecule has 2 N–H and O–H groups in total. The van der Waals surface area contributed by atoms with Crippen LogP contribution in [-0.4, -0.2) is 61.3 Å². The number of amides is 2. The van der Waals surface area contributed by atoms with Crippen LogP contribution < -0.4 is 5.32 Å². The molecule has 2 unspecified atom stereocenters. The molecule has 0 radical (unpaired) electrons. The molecule has 22 heavy (non-hydrogen) atoms. The van der Waals surface area contributed by atoms with E-state index in [0.717, 1.165) is 0 Å². The van der Waals surface area contributed by atoms with Crippen LogP contribution in [-0.2, 0) is 0 Å². The SMILES string of the molecule is CC(O)CN(C)C(=O)NCC(c1c(F)cccc1F)N(C)C. The van der Waals surface area contributed by atoms with E-state index in [0.29, 0.717) is 0 Å². The number of rotatable bonds is 6. The molecule has 0 aliphatic rings. The number of carbonyl (C=O) groups excluding carboxylic acids is 1. The Morgan fingerprint density at radius 3 is 2.27 bits per heavy atom. The zero-order chi connectivity index (χ0) is 16.9. The zero-order valence-corrected chi connectivity index (χ0v) is 13.3. The first-order valence-electron chi connectivity index (χ1n) is 7.01. The van der Waals surface area contributed by atoms with Crippen molar-refractivity contribution in [2.75, 3.05) is 34.2 Å². The first kappa shape index (κ1) is 18.3. The summed E-state index contributed by atoms with van der Waals surface area (Å²) in [4.78, 5) is 14.9. The molecule has 2 atom stereocenters. The Morgan fingerprint density at radius 2 is 1.82 bits per heavy atom. The summed E-state index contributed by atoms with van der Waals surface area (Å²) in [7, 11) is 4.90. The number of benzene rings is 1. The maximum absolute atomic E-state index is 13.9. The number of hydrogen-bond donors (Lipinski definition) is 2. The van der Waals surface area contributed by atoms with Gasteiger partial charge in [0.2, 0.25) is 0 Å². The summed E-state index contributed by atoms with van der Waals surface area (Å²) in [6.45, 7) is 1.79. The minimum atomic E-state index is -0.649. The number of nitrogens with zero attached hydrogens (tertiary/aromatic N) is 2. The van der Waals surface area contributed by atoms with Crippen molar-refractivity contribution < 1.29 is 18.7 Å². The molecule has 0 aromatic heterocycles. The maximum Gasteiger partial charge on any atom is 0.317 e. The molecule has 0 fully saturated rings. The lowest BCUT2D eigenvalue weighted by Crippen LogP contribution is -2.44. The second kappa shape index (κ2) is 8.05. The van der Waals surface area contributed by atoms with Crippen LogP contribution in [0.15, 0.2) is 18.2 Å². The van der Waals surface area contributed by atoms with E-state index in [4.69, 9.17) is 0 Å². The fraction of sp³-hybridized carbons (Fsp3) is 0.533. The molecule has 0 aliphatic carbocycles. The van der Waals surface area contributed by atoms with Crippen LogP contribution in [0, 0.1) is 11.6 Å². The van der Waals surface area contributed by atoms with Crippen LogP contribution in [0.1, 0.15) is 18.5 Å². The fourth-order valence-electron chi connectivity index (χ4n) is 2.17. The Bertz CT molecular complexity index is 489. The van der Waals surface area contributed by atoms with Crippen LogP contribution >= 0.6 is 0 Å². The molecular formula is C15H23F2N3O2. The van der Waals surface area contributed by atoms with Gasteiger partial charge in [-0.2, -0.15) is 0 Å². The Labute approximate surface area is 129 Å². The highest BCUT2D eigenvalue weighted by atomic mass is 19.1. The summed E-state index contributed by atoms with van der Waals surface area (Å²) < 4.78 is 27.8. The van der Waals surface area contributed by atoms with Crippen LogP contribution in [0.5, 0.6) is 0 Å². The van der Waals surface area contributed by atoms with E-state index in [1.54, 1.807) is 25.9 Å². The molecule has 0 spiro atoms. The number of likely N-dealkylation sites (N-methyl/N-ethyl adjacent to an activating group) is 2. The van der Waals surface area contributed by atoms with E-state index in [9.17, 15) is 18.7 Å². The quantitative estimate of drug-likeness (QED) is 0.838. The summed E-state index contributed by atoms with van der Waals surface area (Å²) >= 11 is 0. The van der Waals surface area contributed by atoms with E-state index in [2.05, 4.69) is 5.32 Å². The van der Waals surface area contributed by atoms with Gasteiger partial charge in [0, 0.05) is 25.7 Å². The van der Waals surface area contributed by atoms with E-state index >= 15 is 0 Å². The van der Waals surface area contributed by atoms with Gasteiger partial charge >= 0.3 is 6.03 Å². The smallest absolute Gasteiger partial charge is 0.317 e. The lowest BCUT2D eigenvalue weighted by Gasteiger charge is -2.27. The molecule has 1 aromatic carbocycles. The number of carbonyl (C=O) groups is 1. The predicted octanol–water partition coefficient (Wildman–Crippen LogP) is 1.59. The van der Waals surface area contributed by atoms with Crippen molar-refractivity contribution in [1.29, 1.82) is 0 Å². The maximum atomic E-state index is 13.9. The Kier molecular flexibility index (Phi) is 6.70. The number of urea groups is 1. The second-order valence-corrected chi connectivity index (χ2v) is 5.53. The Morgan fingerprint density at radius 1 is 1.27 bits per heavy atom. The summed E-state index contributed by atoms with van der Waals surface area (Å²) in [5, 5.41) is 11.9. The lowest BCUT2D eigenvalue weighted by atomic mass is 10.0. The topological polar surface area (TPSA) is 55.8 Å². The zero-order valence-electron chi connectivity index (χ0n) is 13.3. The van der Waals surface area contributed by atoms with Crippen LogP contribution in [0.2, 0.25) is 0 Å². The number of aliphatic hydroxyl groups excluding tert-OH is 1. The molecule has 0 aliphatic heterocycles. The van der Waals surface area contributed by atoms with Crippen molar-refractivity contribution in [3.05, 3.63) is 35.4 Å². The number of aliphatic hydroxyl groups is 1. The predicted molar refractivity (Wildman–Crippen MR) is 80.5 cm³/mol. The monoisotopic (exact) mass is 315 g/mol. The molecule has 0 heterocycles. The van der Waals surface area contributed by atoms with Gasteiger partial charge < -0.3 is 20.2 Å². The Balaban J connectivity index is 2.80. The molecule has 7 heteroatoms. The highest BCUT2D eigenvalue weighted by Crippen LogP contribution is 2.23.